The van der Waals surface area contributed by atoms with Crippen molar-refractivity contribution in [1.29, 1.82) is 0 Å². The van der Waals surface area contributed by atoms with E-state index in [0.29, 0.717) is 8.59 Å². The van der Waals surface area contributed by atoms with Crippen LogP contribution in [0.15, 0.2) is 12.3 Å². The normalized spacial score (nSPS) is 20.5. The smallest absolute Gasteiger partial charge is 0.295 e. The molecule has 1 amide bonds. The molecule has 1 atom stereocenters. The molecular formula is C9H7ClFIN2O3S. The molecule has 0 bridgehead atoms. The summed E-state index contributed by atoms with van der Waals surface area (Å²) in [6.45, 7) is -0.235. The first-order valence-corrected chi connectivity index (χ1v) is 7.74. The maximum absolute atomic E-state index is 12.8. The zero-order chi connectivity index (χ0) is 13.5. The highest BCUT2D eigenvalue weighted by atomic mass is 127. The van der Waals surface area contributed by atoms with Crippen molar-refractivity contribution in [2.45, 2.75) is 11.7 Å². The van der Waals surface area contributed by atoms with Crippen LogP contribution in [0.2, 0.25) is 5.02 Å². The molecule has 0 aliphatic carbocycles. The summed E-state index contributed by atoms with van der Waals surface area (Å²) in [6.07, 6.45) is 1.09. The second kappa shape index (κ2) is 4.89. The first-order chi connectivity index (χ1) is 8.29. The van der Waals surface area contributed by atoms with E-state index in [1.807, 2.05) is 22.6 Å². The van der Waals surface area contributed by atoms with Gasteiger partial charge in [0.25, 0.3) is 0 Å². The lowest BCUT2D eigenvalue weighted by Gasteiger charge is -2.15. The van der Waals surface area contributed by atoms with Gasteiger partial charge in [-0.3, -0.25) is 9.69 Å². The number of aromatic nitrogens is 1. The Bertz CT molecular complexity index is 610. The summed E-state index contributed by atoms with van der Waals surface area (Å²) in [4.78, 5) is 16.8. The predicted octanol–water partition coefficient (Wildman–Crippen LogP) is 1.74. The fourth-order valence-corrected chi connectivity index (χ4v) is 2.75. The Morgan fingerprint density at radius 2 is 2.22 bits per heavy atom. The van der Waals surface area contributed by atoms with Crippen LogP contribution in [-0.2, 0) is 15.0 Å². The van der Waals surface area contributed by atoms with Crippen LogP contribution in [0.4, 0.5) is 9.70 Å². The predicted molar refractivity (Wildman–Crippen MR) is 72.7 cm³/mol. The number of rotatable bonds is 2. The van der Waals surface area contributed by atoms with Gasteiger partial charge in [-0.05, 0) is 22.6 Å². The van der Waals surface area contributed by atoms with Crippen LogP contribution < -0.4 is 4.90 Å². The lowest BCUT2D eigenvalue weighted by atomic mass is 10.4. The van der Waals surface area contributed by atoms with Gasteiger partial charge in [0, 0.05) is 25.2 Å². The summed E-state index contributed by atoms with van der Waals surface area (Å²) in [5, 5.41) is -0.926. The number of amides is 1. The van der Waals surface area contributed by atoms with Gasteiger partial charge in [0.2, 0.25) is 5.91 Å². The largest absolute Gasteiger partial charge is 0.307 e. The Morgan fingerprint density at radius 3 is 2.72 bits per heavy atom. The van der Waals surface area contributed by atoms with Gasteiger partial charge in [0.05, 0.1) is 8.59 Å². The second-order valence-corrected chi connectivity index (χ2v) is 6.95. The van der Waals surface area contributed by atoms with Crippen LogP contribution in [0.3, 0.4) is 0 Å². The van der Waals surface area contributed by atoms with Crippen molar-refractivity contribution in [1.82, 2.24) is 4.98 Å². The molecule has 2 heterocycles. The number of anilines is 1. The number of halogens is 3. The number of nitrogens with zero attached hydrogens (tertiary/aromatic N) is 2. The molecule has 0 radical (unpaired) electrons. The fraction of sp³-hybridized carbons (Fsp3) is 0.333. The lowest BCUT2D eigenvalue weighted by molar-refractivity contribution is -0.117. The molecular weight excluding hydrogens is 398 g/mol. The summed E-state index contributed by atoms with van der Waals surface area (Å²) < 4.78 is 35.1. The van der Waals surface area contributed by atoms with Crippen molar-refractivity contribution in [3.8, 4) is 0 Å². The van der Waals surface area contributed by atoms with E-state index in [1.165, 1.54) is 12.3 Å². The minimum absolute atomic E-state index is 0.233. The molecule has 2 rings (SSSR count). The minimum Gasteiger partial charge on any atom is -0.295 e. The Hall–Kier alpha value is -0.480. The number of hydrogen-bond donors (Lipinski definition) is 0. The van der Waals surface area contributed by atoms with E-state index in [1.54, 1.807) is 0 Å². The molecule has 9 heteroatoms. The molecule has 1 aromatic heterocycles. The first-order valence-electron chi connectivity index (χ1n) is 4.84. The van der Waals surface area contributed by atoms with Gasteiger partial charge in [-0.25, -0.2) is 4.98 Å². The maximum atomic E-state index is 12.8. The number of carbonyl (C=O) groups excluding carboxylic acids is 1. The van der Waals surface area contributed by atoms with Gasteiger partial charge in [0.15, 0.2) is 0 Å². The average Bonchev–Trinajstić information content (AvgIpc) is 2.64. The quantitative estimate of drug-likeness (QED) is 0.556. The lowest BCUT2D eigenvalue weighted by Crippen LogP contribution is -2.27. The first kappa shape index (κ1) is 13.9. The van der Waals surface area contributed by atoms with Crippen molar-refractivity contribution < 1.29 is 17.1 Å². The molecule has 1 aliphatic heterocycles. The standard InChI is InChI=1S/C9H7ClFIN2O3S/c10-6-2-8(13-3-7(6)12)14-4-5(1-9(14)15)18(11,16)17/h2-3,5H,1,4H2. The van der Waals surface area contributed by atoms with Crippen LogP contribution >= 0.6 is 34.2 Å². The zero-order valence-electron chi connectivity index (χ0n) is 8.81. The second-order valence-electron chi connectivity index (χ2n) is 3.76. The monoisotopic (exact) mass is 404 g/mol. The van der Waals surface area contributed by atoms with Crippen molar-refractivity contribution in [3.05, 3.63) is 20.9 Å². The third kappa shape index (κ3) is 2.75. The van der Waals surface area contributed by atoms with E-state index in [9.17, 15) is 17.1 Å². The zero-order valence-corrected chi connectivity index (χ0v) is 12.5. The van der Waals surface area contributed by atoms with Crippen molar-refractivity contribution in [2.75, 3.05) is 11.4 Å². The molecule has 1 aromatic rings. The van der Waals surface area contributed by atoms with E-state index >= 15 is 0 Å². The Labute approximate surface area is 122 Å². The van der Waals surface area contributed by atoms with Gasteiger partial charge in [0.1, 0.15) is 11.1 Å². The summed E-state index contributed by atoms with van der Waals surface area (Å²) in [6, 6.07) is 1.45. The molecule has 5 nitrogen and oxygen atoms in total. The van der Waals surface area contributed by atoms with E-state index in [4.69, 9.17) is 11.6 Å². The van der Waals surface area contributed by atoms with Gasteiger partial charge in [-0.2, -0.15) is 8.42 Å². The number of pyridine rings is 1. The Morgan fingerprint density at radius 1 is 1.56 bits per heavy atom. The van der Waals surface area contributed by atoms with Gasteiger partial charge in [-0.1, -0.05) is 11.6 Å². The highest BCUT2D eigenvalue weighted by Gasteiger charge is 2.39. The molecule has 18 heavy (non-hydrogen) atoms. The number of carbonyl (C=O) groups is 1. The van der Waals surface area contributed by atoms with Gasteiger partial charge in [-0.15, -0.1) is 3.89 Å². The van der Waals surface area contributed by atoms with Crippen molar-refractivity contribution in [3.63, 3.8) is 0 Å². The minimum atomic E-state index is -4.72. The Kier molecular flexibility index (Phi) is 3.79. The molecule has 98 valence electrons. The topological polar surface area (TPSA) is 67.3 Å². The van der Waals surface area contributed by atoms with E-state index in [0.717, 1.165) is 4.90 Å². The molecule has 1 saturated heterocycles. The Balaban J connectivity index is 2.30. The van der Waals surface area contributed by atoms with Crippen LogP contribution in [0.1, 0.15) is 6.42 Å². The SMILES string of the molecule is O=C1CC(S(=O)(=O)F)CN1c1cc(Cl)c(I)cn1. The molecule has 1 fully saturated rings. The summed E-state index contributed by atoms with van der Waals surface area (Å²) in [5.41, 5.74) is 0. The van der Waals surface area contributed by atoms with Crippen molar-refractivity contribution >= 4 is 56.1 Å². The molecule has 1 unspecified atom stereocenters. The maximum Gasteiger partial charge on any atom is 0.307 e. The fourth-order valence-electron chi connectivity index (χ4n) is 1.64. The third-order valence-electron chi connectivity index (χ3n) is 2.56. The molecule has 0 N–H and O–H groups in total. The summed E-state index contributed by atoms with van der Waals surface area (Å²) in [7, 11) is -4.72. The van der Waals surface area contributed by atoms with Gasteiger partial charge < -0.3 is 0 Å². The van der Waals surface area contributed by atoms with Crippen LogP contribution in [0.25, 0.3) is 0 Å². The molecule has 0 aromatic carbocycles. The van der Waals surface area contributed by atoms with Crippen LogP contribution in [0, 0.1) is 3.57 Å². The molecule has 0 spiro atoms. The highest BCUT2D eigenvalue weighted by molar-refractivity contribution is 14.1. The van der Waals surface area contributed by atoms with E-state index < -0.39 is 21.4 Å². The average molecular weight is 405 g/mol. The van der Waals surface area contributed by atoms with Crippen molar-refractivity contribution in [2.24, 2.45) is 0 Å². The summed E-state index contributed by atoms with van der Waals surface area (Å²) >= 11 is 7.86. The molecule has 1 aliphatic rings. The third-order valence-corrected chi connectivity index (χ3v) is 5.16. The van der Waals surface area contributed by atoms with E-state index in [2.05, 4.69) is 4.98 Å². The van der Waals surface area contributed by atoms with Crippen LogP contribution in [-0.4, -0.2) is 31.1 Å². The summed E-state index contributed by atoms with van der Waals surface area (Å²) in [5.74, 6) is -0.248. The molecule has 0 saturated carbocycles. The van der Waals surface area contributed by atoms with Crippen LogP contribution in [0.5, 0.6) is 0 Å². The van der Waals surface area contributed by atoms with Gasteiger partial charge >= 0.3 is 10.2 Å². The highest BCUT2D eigenvalue weighted by Crippen LogP contribution is 2.27. The number of hydrogen-bond acceptors (Lipinski definition) is 4. The van der Waals surface area contributed by atoms with E-state index in [-0.39, 0.29) is 18.8 Å².